The maximum atomic E-state index is 12.3. The molecule has 1 heterocycles. The summed E-state index contributed by atoms with van der Waals surface area (Å²) in [6.45, 7) is 1.96. The molecule has 1 aromatic heterocycles. The molecule has 0 aliphatic carbocycles. The van der Waals surface area contributed by atoms with Gasteiger partial charge in [-0.3, -0.25) is 4.79 Å². The highest BCUT2D eigenvalue weighted by Crippen LogP contribution is 2.23. The van der Waals surface area contributed by atoms with Gasteiger partial charge in [-0.15, -0.1) is 0 Å². The second kappa shape index (κ2) is 6.76. The summed E-state index contributed by atoms with van der Waals surface area (Å²) in [7, 11) is 1.50. The number of benzene rings is 2. The molecule has 5 nitrogen and oxygen atoms in total. The van der Waals surface area contributed by atoms with Crippen molar-refractivity contribution in [3.63, 3.8) is 0 Å². The third-order valence-corrected chi connectivity index (χ3v) is 3.94. The Balaban J connectivity index is 1.82. The van der Waals surface area contributed by atoms with Gasteiger partial charge in [0.2, 0.25) is 0 Å². The van der Waals surface area contributed by atoms with Gasteiger partial charge in [-0.1, -0.05) is 29.8 Å². The SMILES string of the molecule is COc1ccc(Cl)cc1C(=O)N/N=C/c1c(C)[nH]c2ccccc12. The van der Waals surface area contributed by atoms with Crippen molar-refractivity contribution < 1.29 is 9.53 Å². The van der Waals surface area contributed by atoms with Crippen molar-refractivity contribution in [3.05, 3.63) is 64.3 Å². The number of amides is 1. The number of para-hydroxylation sites is 1. The second-order valence-electron chi connectivity index (χ2n) is 5.25. The Bertz CT molecular complexity index is 931. The zero-order valence-corrected chi connectivity index (χ0v) is 14.0. The number of hydrazone groups is 1. The minimum atomic E-state index is -0.386. The summed E-state index contributed by atoms with van der Waals surface area (Å²) in [6, 6.07) is 12.8. The number of halogens is 1. The first-order valence-corrected chi connectivity index (χ1v) is 7.72. The number of carbonyl (C=O) groups is 1. The van der Waals surface area contributed by atoms with Gasteiger partial charge in [-0.2, -0.15) is 5.10 Å². The molecule has 0 unspecified atom stereocenters. The topological polar surface area (TPSA) is 66.5 Å². The Morgan fingerprint density at radius 1 is 1.29 bits per heavy atom. The number of hydrogen-bond acceptors (Lipinski definition) is 3. The fourth-order valence-corrected chi connectivity index (χ4v) is 2.71. The normalized spacial score (nSPS) is 11.1. The summed E-state index contributed by atoms with van der Waals surface area (Å²) in [6.07, 6.45) is 1.63. The molecule has 0 bridgehead atoms. The van der Waals surface area contributed by atoms with Gasteiger partial charge in [-0.05, 0) is 31.2 Å². The van der Waals surface area contributed by atoms with Crippen LogP contribution in [-0.4, -0.2) is 24.2 Å². The monoisotopic (exact) mass is 341 g/mol. The second-order valence-corrected chi connectivity index (χ2v) is 5.69. The molecule has 0 atom stereocenters. The molecule has 0 spiro atoms. The number of hydrogen-bond donors (Lipinski definition) is 2. The van der Waals surface area contributed by atoms with Crippen LogP contribution in [0.1, 0.15) is 21.6 Å². The van der Waals surface area contributed by atoms with Crippen LogP contribution in [0, 0.1) is 6.92 Å². The highest BCUT2D eigenvalue weighted by atomic mass is 35.5. The van der Waals surface area contributed by atoms with E-state index >= 15 is 0 Å². The lowest BCUT2D eigenvalue weighted by Crippen LogP contribution is -2.18. The van der Waals surface area contributed by atoms with Crippen molar-refractivity contribution in [1.29, 1.82) is 0 Å². The van der Waals surface area contributed by atoms with Gasteiger partial charge in [0.15, 0.2) is 0 Å². The van der Waals surface area contributed by atoms with Crippen LogP contribution in [0.15, 0.2) is 47.6 Å². The predicted molar refractivity (Wildman–Crippen MR) is 96.1 cm³/mol. The van der Waals surface area contributed by atoms with Gasteiger partial charge in [0.05, 0.1) is 18.9 Å². The van der Waals surface area contributed by atoms with Crippen LogP contribution < -0.4 is 10.2 Å². The molecule has 0 fully saturated rings. The van der Waals surface area contributed by atoms with Gasteiger partial charge < -0.3 is 9.72 Å². The van der Waals surface area contributed by atoms with Crippen molar-refractivity contribution in [3.8, 4) is 5.75 Å². The molecule has 1 amide bonds. The van der Waals surface area contributed by atoms with E-state index in [9.17, 15) is 4.79 Å². The summed E-state index contributed by atoms with van der Waals surface area (Å²) < 4.78 is 5.17. The van der Waals surface area contributed by atoms with Crippen molar-refractivity contribution in [2.24, 2.45) is 5.10 Å². The van der Waals surface area contributed by atoms with Gasteiger partial charge in [0.1, 0.15) is 5.75 Å². The number of carbonyl (C=O) groups excluding carboxylic acids is 1. The maximum Gasteiger partial charge on any atom is 0.275 e. The summed E-state index contributed by atoms with van der Waals surface area (Å²) >= 11 is 5.94. The number of methoxy groups -OCH3 is 1. The van der Waals surface area contributed by atoms with Crippen LogP contribution in [0.25, 0.3) is 10.9 Å². The van der Waals surface area contributed by atoms with Crippen LogP contribution >= 0.6 is 11.6 Å². The van der Waals surface area contributed by atoms with Crippen LogP contribution in [0.2, 0.25) is 5.02 Å². The predicted octanol–water partition coefficient (Wildman–Crippen LogP) is 3.90. The summed E-state index contributed by atoms with van der Waals surface area (Å²) in [5.74, 6) is 0.0541. The molecular weight excluding hydrogens is 326 g/mol. The minimum Gasteiger partial charge on any atom is -0.496 e. The third-order valence-electron chi connectivity index (χ3n) is 3.71. The number of H-pyrrole nitrogens is 1. The lowest BCUT2D eigenvalue weighted by Gasteiger charge is -2.07. The molecule has 6 heteroatoms. The number of aromatic amines is 1. The largest absolute Gasteiger partial charge is 0.496 e. The van der Waals surface area contributed by atoms with Crippen molar-refractivity contribution >= 4 is 34.6 Å². The van der Waals surface area contributed by atoms with E-state index in [1.807, 2.05) is 31.2 Å². The van der Waals surface area contributed by atoms with E-state index in [-0.39, 0.29) is 5.91 Å². The first-order valence-electron chi connectivity index (χ1n) is 7.34. The molecule has 3 rings (SSSR count). The molecule has 0 aliphatic rings. The van der Waals surface area contributed by atoms with Crippen LogP contribution in [-0.2, 0) is 0 Å². The molecule has 0 aliphatic heterocycles. The van der Waals surface area contributed by atoms with Gasteiger partial charge in [0, 0.05) is 27.2 Å². The Morgan fingerprint density at radius 3 is 2.88 bits per heavy atom. The molecule has 2 aromatic carbocycles. The Morgan fingerprint density at radius 2 is 2.08 bits per heavy atom. The Labute approximate surface area is 144 Å². The number of aryl methyl sites for hydroxylation is 1. The van der Waals surface area contributed by atoms with Crippen molar-refractivity contribution in [2.75, 3.05) is 7.11 Å². The molecule has 0 saturated heterocycles. The minimum absolute atomic E-state index is 0.331. The average molecular weight is 342 g/mol. The Hall–Kier alpha value is -2.79. The highest BCUT2D eigenvalue weighted by Gasteiger charge is 2.12. The summed E-state index contributed by atoms with van der Waals surface area (Å²) in [4.78, 5) is 15.6. The van der Waals surface area contributed by atoms with Crippen molar-refractivity contribution in [1.82, 2.24) is 10.4 Å². The number of nitrogens with zero attached hydrogens (tertiary/aromatic N) is 1. The zero-order valence-electron chi connectivity index (χ0n) is 13.3. The number of aromatic nitrogens is 1. The van der Waals surface area contributed by atoms with E-state index in [0.29, 0.717) is 16.3 Å². The van der Waals surface area contributed by atoms with Gasteiger partial charge >= 0.3 is 0 Å². The van der Waals surface area contributed by atoms with Gasteiger partial charge in [0.25, 0.3) is 5.91 Å². The van der Waals surface area contributed by atoms with Gasteiger partial charge in [-0.25, -0.2) is 5.43 Å². The van der Waals surface area contributed by atoms with E-state index in [1.54, 1.807) is 24.4 Å². The molecule has 2 N–H and O–H groups in total. The van der Waals surface area contributed by atoms with Crippen LogP contribution in [0.4, 0.5) is 0 Å². The van der Waals surface area contributed by atoms with Crippen LogP contribution in [0.3, 0.4) is 0 Å². The fraction of sp³-hybridized carbons (Fsp3) is 0.111. The maximum absolute atomic E-state index is 12.3. The van der Waals surface area contributed by atoms with E-state index in [2.05, 4.69) is 15.5 Å². The molecule has 0 radical (unpaired) electrons. The Kier molecular flexibility index (Phi) is 4.53. The van der Waals surface area contributed by atoms with Crippen molar-refractivity contribution in [2.45, 2.75) is 6.92 Å². The standard InChI is InChI=1S/C18H16ClN3O2/c1-11-15(13-5-3-4-6-16(13)21-11)10-20-22-18(23)14-9-12(19)7-8-17(14)24-2/h3-10,21H,1-2H3,(H,22,23)/b20-10+. The summed E-state index contributed by atoms with van der Waals surface area (Å²) in [5, 5.41) is 5.57. The third kappa shape index (κ3) is 3.12. The molecule has 0 saturated carbocycles. The lowest BCUT2D eigenvalue weighted by atomic mass is 10.1. The first kappa shape index (κ1) is 16.1. The van der Waals surface area contributed by atoms with E-state index in [1.165, 1.54) is 7.11 Å². The molecule has 122 valence electrons. The molecular formula is C18H16ClN3O2. The summed E-state index contributed by atoms with van der Waals surface area (Å²) in [5.41, 5.74) is 5.78. The quantitative estimate of drug-likeness (QED) is 0.558. The van der Waals surface area contributed by atoms with Crippen LogP contribution in [0.5, 0.6) is 5.75 Å². The lowest BCUT2D eigenvalue weighted by molar-refractivity contribution is 0.0952. The number of nitrogens with one attached hydrogen (secondary N) is 2. The average Bonchev–Trinajstić information content (AvgIpc) is 2.90. The zero-order chi connectivity index (χ0) is 17.1. The smallest absolute Gasteiger partial charge is 0.275 e. The highest BCUT2D eigenvalue weighted by molar-refractivity contribution is 6.31. The number of ether oxygens (including phenoxy) is 1. The van der Waals surface area contributed by atoms with E-state index in [4.69, 9.17) is 16.3 Å². The number of rotatable bonds is 4. The first-order chi connectivity index (χ1) is 11.6. The fourth-order valence-electron chi connectivity index (χ4n) is 2.54. The van der Waals surface area contributed by atoms with E-state index in [0.717, 1.165) is 22.2 Å². The van der Waals surface area contributed by atoms with E-state index < -0.39 is 0 Å². The number of fused-ring (bicyclic) bond motifs is 1. The molecule has 24 heavy (non-hydrogen) atoms. The molecule has 3 aromatic rings.